The van der Waals surface area contributed by atoms with E-state index in [4.69, 9.17) is 0 Å². The van der Waals surface area contributed by atoms with Gasteiger partial charge in [-0.3, -0.25) is 0 Å². The maximum Gasteiger partial charge on any atom is 0.154 e. The van der Waals surface area contributed by atoms with Crippen LogP contribution in [0.4, 0.5) is 5.82 Å². The van der Waals surface area contributed by atoms with Gasteiger partial charge < -0.3 is 5.32 Å². The third-order valence-corrected chi connectivity index (χ3v) is 2.92. The number of hydrogen-bond acceptors (Lipinski definition) is 3. The van der Waals surface area contributed by atoms with Crippen LogP contribution in [0.5, 0.6) is 0 Å². The minimum absolute atomic E-state index is 0.613. The molecule has 2 heterocycles. The van der Waals surface area contributed by atoms with Gasteiger partial charge in [0, 0.05) is 6.04 Å². The van der Waals surface area contributed by atoms with Gasteiger partial charge in [-0.2, -0.15) is 5.10 Å². The molecule has 1 fully saturated rings. The van der Waals surface area contributed by atoms with Crippen molar-refractivity contribution in [1.29, 1.82) is 0 Å². The van der Waals surface area contributed by atoms with Crippen LogP contribution < -0.4 is 5.32 Å². The number of rotatable bonds is 2. The molecule has 2 aromatic rings. The molecular weight excluding hydrogens is 244 g/mol. The zero-order valence-electron chi connectivity index (χ0n) is 7.44. The molecule has 72 valence electrons. The van der Waals surface area contributed by atoms with E-state index in [0.29, 0.717) is 6.04 Å². The van der Waals surface area contributed by atoms with Crippen molar-refractivity contribution >= 4 is 27.3 Å². The van der Waals surface area contributed by atoms with Crippen LogP contribution in [0.15, 0.2) is 23.1 Å². The lowest BCUT2D eigenvalue weighted by molar-refractivity contribution is 0.882. The molecule has 3 rings (SSSR count). The zero-order valence-corrected chi connectivity index (χ0v) is 9.03. The molecule has 4 nitrogen and oxygen atoms in total. The number of halogens is 1. The molecule has 0 aliphatic heterocycles. The Balaban J connectivity index is 2.12. The minimum Gasteiger partial charge on any atom is -0.365 e. The third kappa shape index (κ3) is 1.28. The largest absolute Gasteiger partial charge is 0.365 e. The molecule has 1 saturated carbocycles. The number of nitrogens with one attached hydrogen (secondary N) is 1. The molecule has 1 aliphatic carbocycles. The maximum absolute atomic E-state index is 4.24. The van der Waals surface area contributed by atoms with Crippen LogP contribution in [0.25, 0.3) is 5.52 Å². The normalized spacial score (nSPS) is 16.1. The van der Waals surface area contributed by atoms with E-state index in [9.17, 15) is 0 Å². The Morgan fingerprint density at radius 2 is 2.29 bits per heavy atom. The first-order valence-electron chi connectivity index (χ1n) is 4.59. The van der Waals surface area contributed by atoms with E-state index in [2.05, 4.69) is 31.3 Å². The van der Waals surface area contributed by atoms with Crippen molar-refractivity contribution in [3.05, 3.63) is 23.1 Å². The van der Waals surface area contributed by atoms with Gasteiger partial charge in [0.1, 0.15) is 16.4 Å². The molecule has 1 aliphatic rings. The smallest absolute Gasteiger partial charge is 0.154 e. The zero-order chi connectivity index (χ0) is 9.54. The molecule has 0 amide bonds. The summed E-state index contributed by atoms with van der Waals surface area (Å²) in [6, 6.07) is 4.60. The first kappa shape index (κ1) is 8.23. The molecule has 5 heteroatoms. The van der Waals surface area contributed by atoms with E-state index in [0.717, 1.165) is 15.9 Å². The minimum atomic E-state index is 0.613. The molecule has 14 heavy (non-hydrogen) atoms. The Labute approximate surface area is 89.5 Å². The monoisotopic (exact) mass is 252 g/mol. The van der Waals surface area contributed by atoms with Crippen molar-refractivity contribution < 1.29 is 0 Å². The van der Waals surface area contributed by atoms with Crippen LogP contribution in [0.3, 0.4) is 0 Å². The molecule has 0 radical (unpaired) electrons. The summed E-state index contributed by atoms with van der Waals surface area (Å²) in [5.74, 6) is 0.924. The molecule has 0 saturated heterocycles. The Morgan fingerprint density at radius 3 is 3.07 bits per heavy atom. The summed E-state index contributed by atoms with van der Waals surface area (Å²) in [4.78, 5) is 4.24. The molecule has 0 atom stereocenters. The molecule has 0 unspecified atom stereocenters. The predicted octanol–water partition coefficient (Wildman–Crippen LogP) is 2.07. The van der Waals surface area contributed by atoms with E-state index < -0.39 is 0 Å². The maximum atomic E-state index is 4.24. The second kappa shape index (κ2) is 2.95. The lowest BCUT2D eigenvalue weighted by atomic mass is 10.5. The predicted molar refractivity (Wildman–Crippen MR) is 57.3 cm³/mol. The highest BCUT2D eigenvalue weighted by Crippen LogP contribution is 2.26. The van der Waals surface area contributed by atoms with Gasteiger partial charge in [-0.15, -0.1) is 0 Å². The van der Waals surface area contributed by atoms with Crippen LogP contribution in [0.1, 0.15) is 12.8 Å². The summed E-state index contributed by atoms with van der Waals surface area (Å²) >= 11 is 3.43. The standard InChI is InChI=1S/C9H9BrN4/c10-8-4-3-7-9(13-6-1-2-6)11-5-12-14(7)8/h3-6H,1-2H2,(H,11,12,13). The number of aromatic nitrogens is 3. The van der Waals surface area contributed by atoms with Crippen LogP contribution in [-0.2, 0) is 0 Å². The Bertz CT molecular complexity index is 475. The Hall–Kier alpha value is -1.10. The van der Waals surface area contributed by atoms with E-state index in [-0.39, 0.29) is 0 Å². The average molecular weight is 253 g/mol. The summed E-state index contributed by atoms with van der Waals surface area (Å²) in [5.41, 5.74) is 1.02. The van der Waals surface area contributed by atoms with E-state index >= 15 is 0 Å². The molecule has 0 bridgehead atoms. The SMILES string of the molecule is Brc1ccc2c(NC3CC3)ncnn12. The highest BCUT2D eigenvalue weighted by molar-refractivity contribution is 9.10. The second-order valence-corrected chi connectivity index (χ2v) is 4.29. The van der Waals surface area contributed by atoms with Crippen molar-refractivity contribution in [2.24, 2.45) is 0 Å². The van der Waals surface area contributed by atoms with Crippen molar-refractivity contribution in [1.82, 2.24) is 14.6 Å². The quantitative estimate of drug-likeness (QED) is 0.890. The summed E-state index contributed by atoms with van der Waals surface area (Å²) < 4.78 is 2.78. The van der Waals surface area contributed by atoms with Crippen LogP contribution in [-0.4, -0.2) is 20.6 Å². The topological polar surface area (TPSA) is 42.2 Å². The van der Waals surface area contributed by atoms with Crippen molar-refractivity contribution in [2.45, 2.75) is 18.9 Å². The van der Waals surface area contributed by atoms with E-state index in [1.54, 1.807) is 6.33 Å². The first-order chi connectivity index (χ1) is 6.84. The Morgan fingerprint density at radius 1 is 1.43 bits per heavy atom. The highest BCUT2D eigenvalue weighted by Gasteiger charge is 2.22. The van der Waals surface area contributed by atoms with E-state index in [1.165, 1.54) is 12.8 Å². The van der Waals surface area contributed by atoms with Gasteiger partial charge in [0.2, 0.25) is 0 Å². The fourth-order valence-electron chi connectivity index (χ4n) is 1.43. The molecule has 0 spiro atoms. The van der Waals surface area contributed by atoms with Gasteiger partial charge >= 0.3 is 0 Å². The van der Waals surface area contributed by atoms with Crippen molar-refractivity contribution in [2.75, 3.05) is 5.32 Å². The van der Waals surface area contributed by atoms with Gasteiger partial charge in [0.15, 0.2) is 5.82 Å². The van der Waals surface area contributed by atoms with Gasteiger partial charge in [-0.1, -0.05) is 0 Å². The van der Waals surface area contributed by atoms with Crippen LogP contribution in [0.2, 0.25) is 0 Å². The lowest BCUT2D eigenvalue weighted by Crippen LogP contribution is -2.06. The number of anilines is 1. The van der Waals surface area contributed by atoms with Gasteiger partial charge in [0.25, 0.3) is 0 Å². The van der Waals surface area contributed by atoms with Gasteiger partial charge in [-0.05, 0) is 40.9 Å². The molecule has 2 aromatic heterocycles. The number of nitrogens with zero attached hydrogens (tertiary/aromatic N) is 3. The summed E-state index contributed by atoms with van der Waals surface area (Å²) in [5, 5.41) is 7.53. The molecule has 0 aromatic carbocycles. The van der Waals surface area contributed by atoms with Gasteiger partial charge in [0.05, 0.1) is 0 Å². The van der Waals surface area contributed by atoms with Crippen molar-refractivity contribution in [3.63, 3.8) is 0 Å². The fourth-order valence-corrected chi connectivity index (χ4v) is 1.85. The lowest BCUT2D eigenvalue weighted by Gasteiger charge is -2.04. The third-order valence-electron chi connectivity index (χ3n) is 2.32. The number of fused-ring (bicyclic) bond motifs is 1. The van der Waals surface area contributed by atoms with E-state index in [1.807, 2.05) is 16.6 Å². The molecular formula is C9H9BrN4. The van der Waals surface area contributed by atoms with Crippen molar-refractivity contribution in [3.8, 4) is 0 Å². The molecule has 1 N–H and O–H groups in total. The van der Waals surface area contributed by atoms with Gasteiger partial charge in [-0.25, -0.2) is 9.50 Å². The summed E-state index contributed by atoms with van der Waals surface area (Å²) in [7, 11) is 0. The second-order valence-electron chi connectivity index (χ2n) is 3.48. The number of hydrogen-bond donors (Lipinski definition) is 1. The highest BCUT2D eigenvalue weighted by atomic mass is 79.9. The summed E-state index contributed by atoms with van der Waals surface area (Å²) in [6.45, 7) is 0. The Kier molecular flexibility index (Phi) is 1.73. The fraction of sp³-hybridized carbons (Fsp3) is 0.333. The van der Waals surface area contributed by atoms with Crippen LogP contribution >= 0.6 is 15.9 Å². The first-order valence-corrected chi connectivity index (χ1v) is 5.39. The summed E-state index contributed by atoms with van der Waals surface area (Å²) in [6.07, 6.45) is 4.07. The average Bonchev–Trinajstić information content (AvgIpc) is 2.92. The van der Waals surface area contributed by atoms with Crippen LogP contribution in [0, 0.1) is 0 Å².